The average molecular weight is 372 g/mol. The minimum absolute atomic E-state index is 0.0671. The molecule has 2 heterocycles. The summed E-state index contributed by atoms with van der Waals surface area (Å²) in [6.45, 7) is 1.37. The summed E-state index contributed by atoms with van der Waals surface area (Å²) in [6, 6.07) is 0.675. The van der Waals surface area contributed by atoms with Crippen molar-refractivity contribution in [2.24, 2.45) is 0 Å². The number of aliphatic hydroxyl groups excluding tert-OH is 1. The fourth-order valence-electron chi connectivity index (χ4n) is 1.71. The number of amides is 1. The van der Waals surface area contributed by atoms with Gasteiger partial charge >= 0.3 is 6.18 Å². The third-order valence-corrected chi connectivity index (χ3v) is 3.87. The number of carbonyl (C=O) groups excluding carboxylic acids is 1. The second kappa shape index (κ2) is 5.01. The standard InChI is InChI=1S/C11H7BrClF3N2O2/c1-4-8(13)10(20)18(9(4)19)7-2-5(11(14,15)16)6(12)3-17-7/h2-3,10,20H,1H3. The van der Waals surface area contributed by atoms with E-state index in [9.17, 15) is 23.1 Å². The van der Waals surface area contributed by atoms with Gasteiger partial charge in [-0.2, -0.15) is 13.2 Å². The van der Waals surface area contributed by atoms with E-state index in [0.717, 1.165) is 6.20 Å². The minimum Gasteiger partial charge on any atom is -0.368 e. The van der Waals surface area contributed by atoms with Gasteiger partial charge in [0.1, 0.15) is 5.82 Å². The maximum Gasteiger partial charge on any atom is 0.417 e. The lowest BCUT2D eigenvalue weighted by atomic mass is 10.2. The molecule has 1 aliphatic rings. The first-order chi connectivity index (χ1) is 9.14. The van der Waals surface area contributed by atoms with Gasteiger partial charge in [-0.1, -0.05) is 11.6 Å². The van der Waals surface area contributed by atoms with E-state index < -0.39 is 23.9 Å². The van der Waals surface area contributed by atoms with Crippen molar-refractivity contribution < 1.29 is 23.1 Å². The van der Waals surface area contributed by atoms with Crippen molar-refractivity contribution in [2.75, 3.05) is 4.90 Å². The number of aliphatic hydroxyl groups is 1. The minimum atomic E-state index is -4.61. The van der Waals surface area contributed by atoms with Gasteiger partial charge in [-0.15, -0.1) is 0 Å². The van der Waals surface area contributed by atoms with Crippen LogP contribution in [0.4, 0.5) is 19.0 Å². The third-order valence-electron chi connectivity index (χ3n) is 2.76. The number of rotatable bonds is 1. The molecule has 0 aromatic carbocycles. The SMILES string of the molecule is CC1=C(Cl)C(O)N(c2cc(C(F)(F)F)c(Br)cn2)C1=O. The second-order valence-corrected chi connectivity index (χ2v) is 5.30. The molecule has 1 unspecified atom stereocenters. The Morgan fingerprint density at radius 3 is 2.55 bits per heavy atom. The Morgan fingerprint density at radius 1 is 1.50 bits per heavy atom. The Labute approximate surface area is 125 Å². The van der Waals surface area contributed by atoms with Crippen LogP contribution in [0.3, 0.4) is 0 Å². The van der Waals surface area contributed by atoms with Crippen molar-refractivity contribution >= 4 is 39.3 Å². The van der Waals surface area contributed by atoms with Gasteiger partial charge in [0.2, 0.25) is 0 Å². The van der Waals surface area contributed by atoms with Crippen LogP contribution in [0.15, 0.2) is 27.3 Å². The monoisotopic (exact) mass is 370 g/mol. The molecular formula is C11H7BrClF3N2O2. The van der Waals surface area contributed by atoms with E-state index in [0.29, 0.717) is 11.0 Å². The smallest absolute Gasteiger partial charge is 0.368 e. The fourth-order valence-corrected chi connectivity index (χ4v) is 2.33. The Hall–Kier alpha value is -1.12. The van der Waals surface area contributed by atoms with Crippen LogP contribution in [0.1, 0.15) is 12.5 Å². The van der Waals surface area contributed by atoms with E-state index in [-0.39, 0.29) is 20.9 Å². The highest BCUT2D eigenvalue weighted by Crippen LogP contribution is 2.38. The highest BCUT2D eigenvalue weighted by Gasteiger charge is 2.39. The highest BCUT2D eigenvalue weighted by atomic mass is 79.9. The summed E-state index contributed by atoms with van der Waals surface area (Å²) in [5.74, 6) is -1.02. The molecule has 0 saturated heterocycles. The van der Waals surface area contributed by atoms with Crippen LogP contribution >= 0.6 is 27.5 Å². The van der Waals surface area contributed by atoms with Crippen molar-refractivity contribution in [1.29, 1.82) is 0 Å². The molecule has 9 heteroatoms. The van der Waals surface area contributed by atoms with Gasteiger partial charge in [0.25, 0.3) is 5.91 Å². The van der Waals surface area contributed by atoms with Crippen molar-refractivity contribution in [1.82, 2.24) is 4.98 Å². The van der Waals surface area contributed by atoms with Gasteiger partial charge < -0.3 is 5.11 Å². The number of hydrogen-bond donors (Lipinski definition) is 1. The summed E-state index contributed by atoms with van der Waals surface area (Å²) >= 11 is 8.47. The average Bonchev–Trinajstić information content (AvgIpc) is 2.54. The number of pyridine rings is 1. The van der Waals surface area contributed by atoms with Crippen molar-refractivity contribution in [3.63, 3.8) is 0 Å². The topological polar surface area (TPSA) is 53.4 Å². The molecule has 1 aliphatic heterocycles. The summed E-state index contributed by atoms with van der Waals surface area (Å²) in [4.78, 5) is 16.3. The van der Waals surface area contributed by atoms with Crippen LogP contribution in [-0.4, -0.2) is 22.2 Å². The molecule has 0 radical (unpaired) electrons. The van der Waals surface area contributed by atoms with Gasteiger partial charge in [0.15, 0.2) is 6.23 Å². The van der Waals surface area contributed by atoms with E-state index in [2.05, 4.69) is 20.9 Å². The predicted molar refractivity (Wildman–Crippen MR) is 69.0 cm³/mol. The lowest BCUT2D eigenvalue weighted by Crippen LogP contribution is -2.35. The Kier molecular flexibility index (Phi) is 3.83. The van der Waals surface area contributed by atoms with Crippen molar-refractivity contribution in [3.05, 3.63) is 32.9 Å². The van der Waals surface area contributed by atoms with Crippen molar-refractivity contribution in [3.8, 4) is 0 Å². The molecule has 0 bridgehead atoms. The van der Waals surface area contributed by atoms with Gasteiger partial charge in [-0.05, 0) is 28.9 Å². The largest absolute Gasteiger partial charge is 0.417 e. The van der Waals surface area contributed by atoms with E-state index in [1.807, 2.05) is 0 Å². The molecule has 1 N–H and O–H groups in total. The first-order valence-electron chi connectivity index (χ1n) is 5.25. The quantitative estimate of drug-likeness (QED) is 0.825. The number of carbonyl (C=O) groups is 1. The second-order valence-electron chi connectivity index (χ2n) is 4.04. The maximum atomic E-state index is 12.8. The number of halogens is 5. The van der Waals surface area contributed by atoms with E-state index in [1.54, 1.807) is 0 Å². The molecule has 0 saturated carbocycles. The summed E-state index contributed by atoms with van der Waals surface area (Å²) in [7, 11) is 0. The normalized spacial score (nSPS) is 20.1. The van der Waals surface area contributed by atoms with Gasteiger partial charge in [-0.25, -0.2) is 4.98 Å². The molecule has 1 aromatic rings. The number of aromatic nitrogens is 1. The molecule has 1 aromatic heterocycles. The summed E-state index contributed by atoms with van der Waals surface area (Å²) in [5.41, 5.74) is -0.930. The molecule has 1 atom stereocenters. The van der Waals surface area contributed by atoms with Gasteiger partial charge in [0.05, 0.1) is 10.6 Å². The number of anilines is 1. The van der Waals surface area contributed by atoms with E-state index in [4.69, 9.17) is 11.6 Å². The Bertz CT molecular complexity index is 618. The number of hydrogen-bond acceptors (Lipinski definition) is 3. The summed E-state index contributed by atoms with van der Waals surface area (Å²) in [5, 5.41) is 9.67. The van der Waals surface area contributed by atoms with Crippen LogP contribution in [0.5, 0.6) is 0 Å². The Balaban J connectivity index is 2.49. The molecule has 0 fully saturated rings. The molecule has 20 heavy (non-hydrogen) atoms. The zero-order valence-electron chi connectivity index (χ0n) is 9.87. The fraction of sp³-hybridized carbons (Fsp3) is 0.273. The molecule has 0 spiro atoms. The molecule has 0 aliphatic carbocycles. The van der Waals surface area contributed by atoms with Crippen LogP contribution in [0.25, 0.3) is 0 Å². The zero-order valence-corrected chi connectivity index (χ0v) is 12.2. The lowest BCUT2D eigenvalue weighted by Gasteiger charge is -2.21. The maximum absolute atomic E-state index is 12.8. The van der Waals surface area contributed by atoms with E-state index >= 15 is 0 Å². The first-order valence-corrected chi connectivity index (χ1v) is 6.42. The van der Waals surface area contributed by atoms with Crippen LogP contribution < -0.4 is 4.90 Å². The molecule has 108 valence electrons. The molecular weight excluding hydrogens is 364 g/mol. The Morgan fingerprint density at radius 2 is 2.10 bits per heavy atom. The summed E-state index contributed by atoms with van der Waals surface area (Å²) in [6.07, 6.45) is -5.23. The number of nitrogens with zero attached hydrogens (tertiary/aromatic N) is 2. The first kappa shape index (κ1) is 15.3. The van der Waals surface area contributed by atoms with Gasteiger partial charge in [0, 0.05) is 16.2 Å². The third kappa shape index (κ3) is 2.43. The lowest BCUT2D eigenvalue weighted by molar-refractivity contribution is -0.138. The van der Waals surface area contributed by atoms with Crippen LogP contribution in [0, 0.1) is 0 Å². The van der Waals surface area contributed by atoms with Gasteiger partial charge in [-0.3, -0.25) is 9.69 Å². The molecule has 2 rings (SSSR count). The molecule has 1 amide bonds. The summed E-state index contributed by atoms with van der Waals surface area (Å²) < 4.78 is 38.2. The van der Waals surface area contributed by atoms with E-state index in [1.165, 1.54) is 6.92 Å². The number of alkyl halides is 3. The zero-order chi connectivity index (χ0) is 15.2. The predicted octanol–water partition coefficient (Wildman–Crippen LogP) is 3.04. The van der Waals surface area contributed by atoms with Crippen LogP contribution in [0.2, 0.25) is 0 Å². The molecule has 4 nitrogen and oxygen atoms in total. The van der Waals surface area contributed by atoms with Crippen molar-refractivity contribution in [2.45, 2.75) is 19.3 Å². The highest BCUT2D eigenvalue weighted by molar-refractivity contribution is 9.10. The van der Waals surface area contributed by atoms with Crippen LogP contribution in [-0.2, 0) is 11.0 Å².